The first-order valence-electron chi connectivity index (χ1n) is 6.25. The third-order valence-electron chi connectivity index (χ3n) is 2.99. The molecule has 2 aromatic rings. The lowest BCUT2D eigenvalue weighted by atomic mass is 10.1. The van der Waals surface area contributed by atoms with Gasteiger partial charge in [0.15, 0.2) is 0 Å². The van der Waals surface area contributed by atoms with Crippen molar-refractivity contribution < 1.29 is 5.11 Å². The van der Waals surface area contributed by atoms with Crippen molar-refractivity contribution in [3.8, 4) is 0 Å². The first-order valence-corrected chi connectivity index (χ1v) is 6.25. The summed E-state index contributed by atoms with van der Waals surface area (Å²) in [6.45, 7) is 3.33. The second-order valence-corrected chi connectivity index (χ2v) is 4.51. The van der Waals surface area contributed by atoms with E-state index >= 15 is 0 Å². The highest BCUT2D eigenvalue weighted by molar-refractivity contribution is 5.17. The van der Waals surface area contributed by atoms with Crippen molar-refractivity contribution in [2.45, 2.75) is 26.2 Å². The number of aliphatic hydroxyl groups excluding tert-OH is 1. The summed E-state index contributed by atoms with van der Waals surface area (Å²) in [5, 5.41) is 9.86. The van der Waals surface area contributed by atoms with E-state index in [1.807, 2.05) is 48.2 Å². The smallest absolute Gasteiger partial charge is 0.105 e. The molecule has 0 aliphatic carbocycles. The Balaban J connectivity index is 2.05. The van der Waals surface area contributed by atoms with Crippen LogP contribution in [0.4, 0.5) is 0 Å². The summed E-state index contributed by atoms with van der Waals surface area (Å²) in [5.41, 5.74) is 2.43. The van der Waals surface area contributed by atoms with Crippen LogP contribution in [-0.4, -0.2) is 16.2 Å². The molecule has 0 radical (unpaired) electrons. The average molecular weight is 241 g/mol. The average Bonchev–Trinajstić information content (AvgIpc) is 2.40. The Morgan fingerprint density at radius 3 is 1.56 bits per heavy atom. The molecule has 0 saturated heterocycles. The molecule has 0 fully saturated rings. The number of nitrogens with zero attached hydrogens (tertiary/aromatic N) is 1. The van der Waals surface area contributed by atoms with Crippen LogP contribution in [0.15, 0.2) is 60.7 Å². The van der Waals surface area contributed by atoms with Crippen molar-refractivity contribution in [1.29, 1.82) is 0 Å². The molecule has 1 N–H and O–H groups in total. The number of rotatable bonds is 5. The van der Waals surface area contributed by atoms with Crippen LogP contribution in [0.3, 0.4) is 0 Å². The first kappa shape index (κ1) is 12.8. The molecule has 0 unspecified atom stereocenters. The summed E-state index contributed by atoms with van der Waals surface area (Å²) < 4.78 is 0. The standard InChI is InChI=1S/C16H19NO/c1-14(18)17(12-15-8-4-2-5-9-15)13-16-10-6-3-7-11-16/h2-11,14,18H,12-13H2,1H3/t14-/m1/s1. The first-order chi connectivity index (χ1) is 8.75. The zero-order chi connectivity index (χ0) is 12.8. The number of hydrogen-bond donors (Lipinski definition) is 1. The molecule has 18 heavy (non-hydrogen) atoms. The van der Waals surface area contributed by atoms with Crippen LogP contribution >= 0.6 is 0 Å². The van der Waals surface area contributed by atoms with Crippen molar-refractivity contribution in [1.82, 2.24) is 4.90 Å². The van der Waals surface area contributed by atoms with Gasteiger partial charge >= 0.3 is 0 Å². The van der Waals surface area contributed by atoms with Crippen LogP contribution in [0.1, 0.15) is 18.1 Å². The molecule has 2 nitrogen and oxygen atoms in total. The van der Waals surface area contributed by atoms with E-state index in [9.17, 15) is 5.11 Å². The molecule has 2 rings (SSSR count). The Kier molecular flexibility index (Phi) is 4.51. The highest BCUT2D eigenvalue weighted by Gasteiger charge is 2.11. The van der Waals surface area contributed by atoms with Gasteiger partial charge in [-0.2, -0.15) is 0 Å². The third-order valence-corrected chi connectivity index (χ3v) is 2.99. The summed E-state index contributed by atoms with van der Waals surface area (Å²) in [7, 11) is 0. The molecule has 0 heterocycles. The van der Waals surface area contributed by atoms with Gasteiger partial charge in [0.2, 0.25) is 0 Å². The highest BCUT2D eigenvalue weighted by Crippen LogP contribution is 2.11. The molecule has 2 heteroatoms. The van der Waals surface area contributed by atoms with Gasteiger partial charge in [-0.15, -0.1) is 0 Å². The van der Waals surface area contributed by atoms with Crippen LogP contribution in [0.25, 0.3) is 0 Å². The van der Waals surface area contributed by atoms with E-state index in [4.69, 9.17) is 0 Å². The topological polar surface area (TPSA) is 23.5 Å². The fraction of sp³-hybridized carbons (Fsp3) is 0.250. The monoisotopic (exact) mass is 241 g/mol. The number of benzene rings is 2. The number of hydrogen-bond acceptors (Lipinski definition) is 2. The fourth-order valence-electron chi connectivity index (χ4n) is 1.96. The lowest BCUT2D eigenvalue weighted by Crippen LogP contribution is -2.31. The minimum atomic E-state index is -0.453. The summed E-state index contributed by atoms with van der Waals surface area (Å²) >= 11 is 0. The summed E-state index contributed by atoms with van der Waals surface area (Å²) in [5.74, 6) is 0. The predicted octanol–water partition coefficient (Wildman–Crippen LogP) is 3.03. The maximum atomic E-state index is 9.86. The zero-order valence-corrected chi connectivity index (χ0v) is 10.7. The zero-order valence-electron chi connectivity index (χ0n) is 10.7. The highest BCUT2D eigenvalue weighted by atomic mass is 16.3. The molecule has 0 bridgehead atoms. The Labute approximate surface area is 109 Å². The van der Waals surface area contributed by atoms with Gasteiger partial charge in [-0.3, -0.25) is 4.90 Å². The minimum Gasteiger partial charge on any atom is -0.379 e. The molecule has 0 amide bonds. The van der Waals surface area contributed by atoms with Crippen LogP contribution in [-0.2, 0) is 13.1 Å². The van der Waals surface area contributed by atoms with Crippen molar-refractivity contribution in [3.63, 3.8) is 0 Å². The van der Waals surface area contributed by atoms with E-state index in [2.05, 4.69) is 24.3 Å². The van der Waals surface area contributed by atoms with Gasteiger partial charge in [-0.05, 0) is 18.1 Å². The van der Waals surface area contributed by atoms with Gasteiger partial charge in [0.05, 0.1) is 0 Å². The van der Waals surface area contributed by atoms with Crippen molar-refractivity contribution in [2.75, 3.05) is 0 Å². The Hall–Kier alpha value is -1.64. The second-order valence-electron chi connectivity index (χ2n) is 4.51. The SMILES string of the molecule is C[C@@H](O)N(Cc1ccccc1)Cc1ccccc1. The van der Waals surface area contributed by atoms with E-state index in [-0.39, 0.29) is 0 Å². The van der Waals surface area contributed by atoms with Crippen LogP contribution < -0.4 is 0 Å². The molecule has 2 aromatic carbocycles. The normalized spacial score (nSPS) is 12.6. The summed E-state index contributed by atoms with van der Waals surface area (Å²) in [6.07, 6.45) is -0.453. The molecule has 94 valence electrons. The molecule has 0 aliphatic rings. The molecule has 0 saturated carbocycles. The lowest BCUT2D eigenvalue weighted by Gasteiger charge is -2.25. The van der Waals surface area contributed by atoms with Gasteiger partial charge in [-0.25, -0.2) is 0 Å². The number of aliphatic hydroxyl groups is 1. The lowest BCUT2D eigenvalue weighted by molar-refractivity contribution is 0.00647. The van der Waals surface area contributed by atoms with Crippen molar-refractivity contribution in [3.05, 3.63) is 71.8 Å². The molecule has 1 atom stereocenters. The van der Waals surface area contributed by atoms with E-state index in [1.165, 1.54) is 11.1 Å². The van der Waals surface area contributed by atoms with Crippen LogP contribution in [0.5, 0.6) is 0 Å². The van der Waals surface area contributed by atoms with Gasteiger partial charge in [0, 0.05) is 13.1 Å². The van der Waals surface area contributed by atoms with Gasteiger partial charge < -0.3 is 5.11 Å². The maximum absolute atomic E-state index is 9.86. The fourth-order valence-corrected chi connectivity index (χ4v) is 1.96. The maximum Gasteiger partial charge on any atom is 0.105 e. The predicted molar refractivity (Wildman–Crippen MR) is 73.8 cm³/mol. The Bertz CT molecular complexity index is 412. The van der Waals surface area contributed by atoms with E-state index in [0.717, 1.165) is 13.1 Å². The summed E-state index contributed by atoms with van der Waals surface area (Å²) in [4.78, 5) is 2.05. The van der Waals surface area contributed by atoms with Gasteiger partial charge in [-0.1, -0.05) is 60.7 Å². The Morgan fingerprint density at radius 2 is 1.22 bits per heavy atom. The summed E-state index contributed by atoms with van der Waals surface area (Å²) in [6, 6.07) is 20.5. The molecule has 0 spiro atoms. The molecule has 0 aliphatic heterocycles. The van der Waals surface area contributed by atoms with Crippen LogP contribution in [0.2, 0.25) is 0 Å². The third kappa shape index (κ3) is 3.69. The van der Waals surface area contributed by atoms with Crippen LogP contribution in [0, 0.1) is 0 Å². The largest absolute Gasteiger partial charge is 0.379 e. The second kappa shape index (κ2) is 6.34. The minimum absolute atomic E-state index is 0.453. The van der Waals surface area contributed by atoms with Crippen molar-refractivity contribution >= 4 is 0 Å². The molecular weight excluding hydrogens is 222 g/mol. The molecular formula is C16H19NO. The van der Waals surface area contributed by atoms with Crippen molar-refractivity contribution in [2.24, 2.45) is 0 Å². The van der Waals surface area contributed by atoms with Gasteiger partial charge in [0.25, 0.3) is 0 Å². The molecule has 0 aromatic heterocycles. The van der Waals surface area contributed by atoms with E-state index in [0.29, 0.717) is 0 Å². The van der Waals surface area contributed by atoms with E-state index in [1.54, 1.807) is 0 Å². The van der Waals surface area contributed by atoms with Gasteiger partial charge in [0.1, 0.15) is 6.23 Å². The quantitative estimate of drug-likeness (QED) is 0.813. The van der Waals surface area contributed by atoms with E-state index < -0.39 is 6.23 Å². The Morgan fingerprint density at radius 1 is 0.833 bits per heavy atom.